The van der Waals surface area contributed by atoms with Crippen molar-refractivity contribution in [2.45, 2.75) is 0 Å². The highest BCUT2D eigenvalue weighted by molar-refractivity contribution is 5.93. The van der Waals surface area contributed by atoms with Gasteiger partial charge in [-0.15, -0.1) is 0 Å². The summed E-state index contributed by atoms with van der Waals surface area (Å²) in [6.07, 6.45) is 2.89. The van der Waals surface area contributed by atoms with E-state index in [0.29, 0.717) is 17.2 Å². The summed E-state index contributed by atoms with van der Waals surface area (Å²) in [6, 6.07) is 18.7. The van der Waals surface area contributed by atoms with Crippen LogP contribution < -0.4 is 25.1 Å². The zero-order valence-electron chi connectivity index (χ0n) is 16.7. The molecule has 2 N–H and O–H groups in total. The van der Waals surface area contributed by atoms with Crippen LogP contribution in [0.5, 0.6) is 17.2 Å². The smallest absolute Gasteiger partial charge is 0.276 e. The first kappa shape index (κ1) is 20.7. The Kier molecular flexibility index (Phi) is 6.89. The van der Waals surface area contributed by atoms with Gasteiger partial charge in [0.1, 0.15) is 5.75 Å². The molecular weight excluding hydrogens is 384 g/mol. The van der Waals surface area contributed by atoms with Crippen molar-refractivity contribution in [3.05, 3.63) is 72.3 Å². The van der Waals surface area contributed by atoms with E-state index in [2.05, 4.69) is 10.9 Å². The van der Waals surface area contributed by atoms with Crippen LogP contribution in [0.1, 0.15) is 5.56 Å². The zero-order chi connectivity index (χ0) is 21.3. The summed E-state index contributed by atoms with van der Waals surface area (Å²) in [5.41, 5.74) is 5.36. The molecule has 0 spiro atoms. The molecule has 7 heteroatoms. The van der Waals surface area contributed by atoms with Crippen LogP contribution in [-0.2, 0) is 9.59 Å². The summed E-state index contributed by atoms with van der Waals surface area (Å²) in [5, 5.41) is 2.10. The molecule has 7 nitrogen and oxygen atoms in total. The van der Waals surface area contributed by atoms with E-state index in [9.17, 15) is 9.59 Å². The molecule has 0 aromatic heterocycles. The van der Waals surface area contributed by atoms with E-state index >= 15 is 0 Å². The summed E-state index contributed by atoms with van der Waals surface area (Å²) in [6.45, 7) is -0.224. The topological polar surface area (TPSA) is 85.9 Å². The lowest BCUT2D eigenvalue weighted by molar-refractivity contribution is -0.128. The molecule has 0 unspecified atom stereocenters. The molecule has 3 aromatic rings. The molecule has 30 heavy (non-hydrogen) atoms. The maximum atomic E-state index is 11.9. The van der Waals surface area contributed by atoms with Gasteiger partial charge in [-0.1, -0.05) is 36.4 Å². The summed E-state index contributed by atoms with van der Waals surface area (Å²) in [5.74, 6) is 0.764. The minimum atomic E-state index is -0.483. The van der Waals surface area contributed by atoms with E-state index in [1.165, 1.54) is 13.2 Å². The van der Waals surface area contributed by atoms with Crippen LogP contribution in [0.2, 0.25) is 0 Å². The number of ether oxygens (including phenoxy) is 3. The third kappa shape index (κ3) is 5.51. The standard InChI is InChI=1S/C23H22N2O5/c1-28-20-11-7-16(13-21(20)29-2)8-12-22(26)24-25-23(27)15-30-19-10-9-17-5-3-4-6-18(17)14-19/h3-14H,15H2,1-2H3,(H,24,26)(H,25,27)/b12-8+. The molecule has 0 saturated carbocycles. The van der Waals surface area contributed by atoms with Gasteiger partial charge in [0.15, 0.2) is 18.1 Å². The van der Waals surface area contributed by atoms with Crippen LogP contribution in [0.25, 0.3) is 16.8 Å². The number of rotatable bonds is 7. The number of carbonyl (C=O) groups is 2. The Balaban J connectivity index is 1.46. The lowest BCUT2D eigenvalue weighted by Gasteiger charge is -2.09. The number of hydrogen-bond donors (Lipinski definition) is 2. The van der Waals surface area contributed by atoms with E-state index < -0.39 is 11.8 Å². The van der Waals surface area contributed by atoms with Crippen LogP contribution in [0, 0.1) is 0 Å². The fraction of sp³-hybridized carbons (Fsp3) is 0.130. The number of nitrogens with one attached hydrogen (secondary N) is 2. The lowest BCUT2D eigenvalue weighted by Crippen LogP contribution is -2.43. The maximum absolute atomic E-state index is 11.9. The van der Waals surface area contributed by atoms with Crippen LogP contribution in [-0.4, -0.2) is 32.6 Å². The quantitative estimate of drug-likeness (QED) is 0.465. The van der Waals surface area contributed by atoms with Gasteiger partial charge in [-0.2, -0.15) is 0 Å². The molecule has 3 rings (SSSR count). The Labute approximate surface area is 174 Å². The number of benzene rings is 3. The molecule has 0 aliphatic carbocycles. The van der Waals surface area contributed by atoms with Crippen LogP contribution in [0.3, 0.4) is 0 Å². The Morgan fingerprint density at radius 3 is 2.40 bits per heavy atom. The summed E-state index contributed by atoms with van der Waals surface area (Å²) in [7, 11) is 3.08. The van der Waals surface area contributed by atoms with Crippen molar-refractivity contribution in [2.75, 3.05) is 20.8 Å². The van der Waals surface area contributed by atoms with Gasteiger partial charge in [-0.3, -0.25) is 20.4 Å². The lowest BCUT2D eigenvalue weighted by atomic mass is 10.1. The minimum absolute atomic E-state index is 0.224. The van der Waals surface area contributed by atoms with Gasteiger partial charge in [0.05, 0.1) is 14.2 Å². The first-order valence-corrected chi connectivity index (χ1v) is 9.19. The molecule has 2 amide bonds. The predicted octanol–water partition coefficient (Wildman–Crippen LogP) is 3.10. The first-order chi connectivity index (χ1) is 14.6. The molecule has 0 aliphatic heterocycles. The molecule has 154 valence electrons. The highest BCUT2D eigenvalue weighted by Crippen LogP contribution is 2.27. The normalized spacial score (nSPS) is 10.6. The fourth-order valence-electron chi connectivity index (χ4n) is 2.74. The molecule has 0 radical (unpaired) electrons. The fourth-order valence-corrected chi connectivity index (χ4v) is 2.74. The first-order valence-electron chi connectivity index (χ1n) is 9.19. The molecule has 0 saturated heterocycles. The predicted molar refractivity (Wildman–Crippen MR) is 114 cm³/mol. The number of hydrazine groups is 1. The third-order valence-corrected chi connectivity index (χ3v) is 4.25. The highest BCUT2D eigenvalue weighted by Gasteiger charge is 2.06. The van der Waals surface area contributed by atoms with Gasteiger partial charge in [-0.25, -0.2) is 0 Å². The number of amides is 2. The minimum Gasteiger partial charge on any atom is -0.493 e. The van der Waals surface area contributed by atoms with Crippen molar-refractivity contribution >= 4 is 28.7 Å². The SMILES string of the molecule is COc1ccc(/C=C/C(=O)NNC(=O)COc2ccc3ccccc3c2)cc1OC. The van der Waals surface area contributed by atoms with Gasteiger partial charge in [-0.05, 0) is 46.7 Å². The van der Waals surface area contributed by atoms with Gasteiger partial charge < -0.3 is 14.2 Å². The van der Waals surface area contributed by atoms with Crippen LogP contribution in [0.4, 0.5) is 0 Å². The van der Waals surface area contributed by atoms with E-state index in [-0.39, 0.29) is 6.61 Å². The number of hydrogen-bond acceptors (Lipinski definition) is 5. The van der Waals surface area contributed by atoms with Gasteiger partial charge in [0, 0.05) is 6.08 Å². The third-order valence-electron chi connectivity index (χ3n) is 4.25. The summed E-state index contributed by atoms with van der Waals surface area (Å²) in [4.78, 5) is 23.8. The van der Waals surface area contributed by atoms with Crippen LogP contribution in [0.15, 0.2) is 66.7 Å². The summed E-state index contributed by atoms with van der Waals surface area (Å²) < 4.78 is 15.9. The second-order valence-corrected chi connectivity index (χ2v) is 6.28. The largest absolute Gasteiger partial charge is 0.493 e. The number of carbonyl (C=O) groups excluding carboxylic acids is 2. The Bertz CT molecular complexity index is 1080. The van der Waals surface area contributed by atoms with Crippen molar-refractivity contribution in [3.8, 4) is 17.2 Å². The van der Waals surface area contributed by atoms with Crippen LogP contribution >= 0.6 is 0 Å². The van der Waals surface area contributed by atoms with Crippen molar-refractivity contribution in [1.29, 1.82) is 0 Å². The molecular formula is C23H22N2O5. The molecule has 3 aromatic carbocycles. The Morgan fingerprint density at radius 1 is 0.867 bits per heavy atom. The average molecular weight is 406 g/mol. The number of fused-ring (bicyclic) bond motifs is 1. The van der Waals surface area contributed by atoms with Crippen molar-refractivity contribution < 1.29 is 23.8 Å². The van der Waals surface area contributed by atoms with E-state index in [1.54, 1.807) is 37.5 Å². The Morgan fingerprint density at radius 2 is 1.63 bits per heavy atom. The average Bonchev–Trinajstić information content (AvgIpc) is 2.79. The molecule has 0 heterocycles. The monoisotopic (exact) mass is 406 g/mol. The highest BCUT2D eigenvalue weighted by atomic mass is 16.5. The van der Waals surface area contributed by atoms with E-state index in [1.807, 2.05) is 36.4 Å². The molecule has 0 bridgehead atoms. The maximum Gasteiger partial charge on any atom is 0.276 e. The van der Waals surface area contributed by atoms with Gasteiger partial charge in [0.25, 0.3) is 11.8 Å². The second-order valence-electron chi connectivity index (χ2n) is 6.28. The molecule has 0 fully saturated rings. The van der Waals surface area contributed by atoms with Gasteiger partial charge >= 0.3 is 0 Å². The molecule has 0 aliphatic rings. The Hall–Kier alpha value is -4.00. The zero-order valence-corrected chi connectivity index (χ0v) is 16.7. The number of methoxy groups -OCH3 is 2. The van der Waals surface area contributed by atoms with Gasteiger partial charge in [0.2, 0.25) is 0 Å². The van der Waals surface area contributed by atoms with Crippen molar-refractivity contribution in [3.63, 3.8) is 0 Å². The van der Waals surface area contributed by atoms with Crippen molar-refractivity contribution in [2.24, 2.45) is 0 Å². The van der Waals surface area contributed by atoms with E-state index in [0.717, 1.165) is 16.3 Å². The summed E-state index contributed by atoms with van der Waals surface area (Å²) >= 11 is 0. The van der Waals surface area contributed by atoms with E-state index in [4.69, 9.17) is 14.2 Å². The van der Waals surface area contributed by atoms with Crippen molar-refractivity contribution in [1.82, 2.24) is 10.9 Å². The second kappa shape index (κ2) is 9.97. The molecule has 0 atom stereocenters.